The molecule has 0 aliphatic heterocycles. The Balaban J connectivity index is 2.20. The molecule has 0 spiro atoms. The van der Waals surface area contributed by atoms with E-state index in [1.165, 1.54) is 26.4 Å². The quantitative estimate of drug-likeness (QED) is 0.853. The molecule has 24 heavy (non-hydrogen) atoms. The van der Waals surface area contributed by atoms with E-state index in [2.05, 4.69) is 0 Å². The lowest BCUT2D eigenvalue weighted by molar-refractivity contribution is -0.116. The van der Waals surface area contributed by atoms with Gasteiger partial charge < -0.3 is 19.0 Å². The number of rotatable bonds is 3. The first kappa shape index (κ1) is 15.5. The first-order valence-corrected chi connectivity index (χ1v) is 6.85. The van der Waals surface area contributed by atoms with Crippen LogP contribution in [0, 0.1) is 0 Å². The second-order valence-electron chi connectivity index (χ2n) is 5.00. The number of ketones is 2. The lowest BCUT2D eigenvalue weighted by Crippen LogP contribution is -2.18. The van der Waals surface area contributed by atoms with Crippen LogP contribution in [0.1, 0.15) is 5.56 Å². The van der Waals surface area contributed by atoms with Crippen LogP contribution in [-0.2, 0) is 14.3 Å². The van der Waals surface area contributed by atoms with Crippen molar-refractivity contribution >= 4 is 28.1 Å². The van der Waals surface area contributed by atoms with Crippen molar-refractivity contribution in [1.29, 1.82) is 0 Å². The molecular formula is C17H12O7. The number of aromatic hydroxyl groups is 1. The number of carbonyl (C=O) groups excluding carboxylic acids is 2. The first-order valence-electron chi connectivity index (χ1n) is 6.85. The van der Waals surface area contributed by atoms with Gasteiger partial charge in [0.05, 0.1) is 25.2 Å². The molecule has 0 fully saturated rings. The fourth-order valence-electron chi connectivity index (χ4n) is 2.41. The largest absolute Gasteiger partial charge is 0.504 e. The summed E-state index contributed by atoms with van der Waals surface area (Å²) in [5.74, 6) is -1.25. The Morgan fingerprint density at radius 1 is 1.00 bits per heavy atom. The molecule has 2 aromatic rings. The maximum Gasteiger partial charge on any atom is 0.221 e. The molecule has 7 nitrogen and oxygen atoms in total. The predicted molar refractivity (Wildman–Crippen MR) is 83.8 cm³/mol. The topological polar surface area (TPSA) is 103 Å². The van der Waals surface area contributed by atoms with Crippen LogP contribution in [0.25, 0.3) is 16.5 Å². The van der Waals surface area contributed by atoms with Gasteiger partial charge in [-0.1, -0.05) is 0 Å². The number of benzene rings is 1. The molecule has 0 unspecified atom stereocenters. The number of phenols is 1. The van der Waals surface area contributed by atoms with E-state index in [0.717, 1.165) is 18.4 Å². The summed E-state index contributed by atoms with van der Waals surface area (Å²) in [6.45, 7) is 0. The van der Waals surface area contributed by atoms with E-state index in [9.17, 15) is 19.5 Å². The molecule has 122 valence electrons. The van der Waals surface area contributed by atoms with Gasteiger partial charge in [0.2, 0.25) is 11.2 Å². The van der Waals surface area contributed by atoms with Crippen LogP contribution in [0.2, 0.25) is 0 Å². The van der Waals surface area contributed by atoms with Gasteiger partial charge in [-0.25, -0.2) is 0 Å². The van der Waals surface area contributed by atoms with E-state index in [-0.39, 0.29) is 39.4 Å². The average Bonchev–Trinajstić information content (AvgIpc) is 2.57. The van der Waals surface area contributed by atoms with Gasteiger partial charge in [0, 0.05) is 23.8 Å². The fraction of sp³-hybridized carbons (Fsp3) is 0.118. The zero-order chi connectivity index (χ0) is 17.4. The van der Waals surface area contributed by atoms with Gasteiger partial charge in [0.15, 0.2) is 23.0 Å². The molecule has 1 aromatic carbocycles. The van der Waals surface area contributed by atoms with Crippen molar-refractivity contribution in [2.75, 3.05) is 14.2 Å². The first-order chi connectivity index (χ1) is 11.5. The molecule has 3 rings (SSSR count). The minimum absolute atomic E-state index is 0.0556. The van der Waals surface area contributed by atoms with Crippen LogP contribution in [0.5, 0.6) is 11.5 Å². The van der Waals surface area contributed by atoms with Gasteiger partial charge in [0.1, 0.15) is 11.8 Å². The molecule has 0 radical (unpaired) electrons. The van der Waals surface area contributed by atoms with Crippen LogP contribution in [0.3, 0.4) is 0 Å². The molecule has 1 aromatic heterocycles. The summed E-state index contributed by atoms with van der Waals surface area (Å²) in [6, 6.07) is 2.55. The number of methoxy groups -OCH3 is 2. The van der Waals surface area contributed by atoms with Gasteiger partial charge in [-0.3, -0.25) is 14.4 Å². The van der Waals surface area contributed by atoms with Crippen molar-refractivity contribution in [2.45, 2.75) is 0 Å². The van der Waals surface area contributed by atoms with Crippen molar-refractivity contribution in [3.63, 3.8) is 0 Å². The molecule has 1 N–H and O–H groups in total. The number of hydrogen-bond donors (Lipinski definition) is 1. The Labute approximate surface area is 135 Å². The maximum absolute atomic E-state index is 12.7. The van der Waals surface area contributed by atoms with Crippen molar-refractivity contribution in [2.24, 2.45) is 0 Å². The lowest BCUT2D eigenvalue weighted by Gasteiger charge is -2.11. The van der Waals surface area contributed by atoms with E-state index < -0.39 is 17.0 Å². The standard InChI is InChI=1S/C17H12O7/c1-22-15-4-9-14(6-13(15)20)24-7-10(17(9)21)8-3-12(19)16(23-2)5-11(8)18/h3-7,20H,1-2H3. The van der Waals surface area contributed by atoms with Crippen LogP contribution >= 0.6 is 0 Å². The molecule has 0 amide bonds. The van der Waals surface area contributed by atoms with E-state index in [4.69, 9.17) is 13.9 Å². The predicted octanol–water partition coefficient (Wildman–Crippen LogP) is 1.57. The summed E-state index contributed by atoms with van der Waals surface area (Å²) in [5, 5.41) is 9.85. The fourth-order valence-corrected chi connectivity index (χ4v) is 2.41. The monoisotopic (exact) mass is 328 g/mol. The smallest absolute Gasteiger partial charge is 0.221 e. The van der Waals surface area contributed by atoms with Crippen LogP contribution in [-0.4, -0.2) is 30.9 Å². The van der Waals surface area contributed by atoms with E-state index in [0.29, 0.717) is 0 Å². The summed E-state index contributed by atoms with van der Waals surface area (Å²) in [6.07, 6.45) is 3.15. The van der Waals surface area contributed by atoms with Crippen LogP contribution in [0.4, 0.5) is 0 Å². The Morgan fingerprint density at radius 2 is 1.75 bits per heavy atom. The highest BCUT2D eigenvalue weighted by atomic mass is 16.5. The third kappa shape index (κ3) is 2.36. The summed E-state index contributed by atoms with van der Waals surface area (Å²) >= 11 is 0. The van der Waals surface area contributed by atoms with E-state index in [1.807, 2.05) is 0 Å². The zero-order valence-electron chi connectivity index (χ0n) is 12.8. The minimum atomic E-state index is -0.538. The Hall–Kier alpha value is -3.35. The molecule has 0 saturated heterocycles. The van der Waals surface area contributed by atoms with Gasteiger partial charge >= 0.3 is 0 Å². The third-order valence-electron chi connectivity index (χ3n) is 3.63. The van der Waals surface area contributed by atoms with Crippen molar-refractivity contribution in [1.82, 2.24) is 0 Å². The second kappa shape index (κ2) is 5.69. The molecule has 0 atom stereocenters. The van der Waals surface area contributed by atoms with Crippen LogP contribution in [0.15, 0.2) is 45.5 Å². The molecule has 0 saturated carbocycles. The highest BCUT2D eigenvalue weighted by molar-refractivity contribution is 6.34. The van der Waals surface area contributed by atoms with Gasteiger partial charge in [-0.2, -0.15) is 0 Å². The summed E-state index contributed by atoms with van der Waals surface area (Å²) < 4.78 is 15.1. The van der Waals surface area contributed by atoms with Crippen molar-refractivity contribution in [3.8, 4) is 11.5 Å². The zero-order valence-corrected chi connectivity index (χ0v) is 12.8. The number of ether oxygens (including phenoxy) is 2. The van der Waals surface area contributed by atoms with Crippen LogP contribution < -0.4 is 10.2 Å². The van der Waals surface area contributed by atoms with Gasteiger partial charge in [-0.05, 0) is 6.07 Å². The lowest BCUT2D eigenvalue weighted by atomic mass is 9.95. The number of fused-ring (bicyclic) bond motifs is 1. The molecule has 1 heterocycles. The van der Waals surface area contributed by atoms with E-state index >= 15 is 0 Å². The molecule has 0 bridgehead atoms. The summed E-state index contributed by atoms with van der Waals surface area (Å²) in [7, 11) is 2.62. The molecule has 7 heteroatoms. The van der Waals surface area contributed by atoms with E-state index in [1.54, 1.807) is 0 Å². The Bertz CT molecular complexity index is 992. The average molecular weight is 328 g/mol. The number of allylic oxidation sites excluding steroid dienone is 3. The molecule has 1 aliphatic carbocycles. The Kier molecular flexibility index (Phi) is 3.69. The number of carbonyl (C=O) groups is 2. The number of hydrogen-bond acceptors (Lipinski definition) is 7. The Morgan fingerprint density at radius 3 is 2.42 bits per heavy atom. The normalized spacial score (nSPS) is 14.4. The summed E-state index contributed by atoms with van der Waals surface area (Å²) in [4.78, 5) is 36.7. The highest BCUT2D eigenvalue weighted by Crippen LogP contribution is 2.31. The third-order valence-corrected chi connectivity index (χ3v) is 3.63. The number of phenolic OH excluding ortho intramolecular Hbond substituents is 1. The minimum Gasteiger partial charge on any atom is -0.504 e. The second-order valence-corrected chi connectivity index (χ2v) is 5.00. The van der Waals surface area contributed by atoms with Gasteiger partial charge in [-0.15, -0.1) is 0 Å². The highest BCUT2D eigenvalue weighted by Gasteiger charge is 2.25. The molecular weight excluding hydrogens is 316 g/mol. The molecule has 1 aliphatic rings. The van der Waals surface area contributed by atoms with Gasteiger partial charge in [0.25, 0.3) is 0 Å². The van der Waals surface area contributed by atoms with Crippen molar-refractivity contribution < 1.29 is 28.6 Å². The maximum atomic E-state index is 12.7. The van der Waals surface area contributed by atoms with Crippen molar-refractivity contribution in [3.05, 3.63) is 52.1 Å². The SMILES string of the molecule is COC1=CC(=O)C(c2coc3cc(O)c(OC)cc3c2=O)=CC1=O. The summed E-state index contributed by atoms with van der Waals surface area (Å²) in [5.41, 5.74) is -0.523.